The predicted octanol–water partition coefficient (Wildman–Crippen LogP) is 1.14. The number of aromatic nitrogens is 2. The van der Waals surface area contributed by atoms with Crippen molar-refractivity contribution in [2.75, 3.05) is 6.54 Å². The van der Waals surface area contributed by atoms with E-state index >= 15 is 0 Å². The maximum Gasteiger partial charge on any atom is 0.0958 e. The minimum Gasteiger partial charge on any atom is -0.389 e. The second-order valence-corrected chi connectivity index (χ2v) is 4.38. The van der Waals surface area contributed by atoms with Gasteiger partial charge in [0.1, 0.15) is 0 Å². The molecule has 1 heterocycles. The van der Waals surface area contributed by atoms with Gasteiger partial charge < -0.3 is 15.4 Å². The third-order valence-electron chi connectivity index (χ3n) is 2.86. The molecule has 4 nitrogen and oxygen atoms in total. The number of hydrogen-bond acceptors (Lipinski definition) is 3. The van der Waals surface area contributed by atoms with Crippen LogP contribution in [0.2, 0.25) is 0 Å². The molecule has 1 aromatic heterocycles. The van der Waals surface area contributed by atoms with Crippen molar-refractivity contribution in [1.29, 1.82) is 0 Å². The number of aliphatic hydroxyl groups is 1. The van der Waals surface area contributed by atoms with Crippen LogP contribution in [0.25, 0.3) is 11.0 Å². The van der Waals surface area contributed by atoms with Gasteiger partial charge in [-0.25, -0.2) is 4.98 Å². The molecule has 0 bridgehead atoms. The van der Waals surface area contributed by atoms with Crippen LogP contribution in [0.1, 0.15) is 13.3 Å². The Labute approximate surface area is 94.7 Å². The average molecular weight is 219 g/mol. The van der Waals surface area contributed by atoms with Gasteiger partial charge in [0.25, 0.3) is 0 Å². The summed E-state index contributed by atoms with van der Waals surface area (Å²) in [5, 5.41) is 9.84. The molecule has 0 fully saturated rings. The normalized spacial score (nSPS) is 15.2. The second kappa shape index (κ2) is 4.23. The number of nitrogens with two attached hydrogens (primary N) is 1. The van der Waals surface area contributed by atoms with Crippen molar-refractivity contribution < 1.29 is 5.11 Å². The van der Waals surface area contributed by atoms with Crippen LogP contribution in [0.3, 0.4) is 0 Å². The Morgan fingerprint density at radius 3 is 2.94 bits per heavy atom. The summed E-state index contributed by atoms with van der Waals surface area (Å²) in [5.41, 5.74) is 6.76. The maximum absolute atomic E-state index is 9.84. The van der Waals surface area contributed by atoms with Crippen LogP contribution < -0.4 is 5.73 Å². The van der Waals surface area contributed by atoms with Crippen molar-refractivity contribution in [3.63, 3.8) is 0 Å². The summed E-state index contributed by atoms with van der Waals surface area (Å²) >= 11 is 0. The molecular formula is C12H17N3O. The van der Waals surface area contributed by atoms with Crippen molar-refractivity contribution in [3.8, 4) is 0 Å². The summed E-state index contributed by atoms with van der Waals surface area (Å²) in [5.74, 6) is 0. The van der Waals surface area contributed by atoms with Crippen molar-refractivity contribution in [2.45, 2.75) is 25.5 Å². The first-order chi connectivity index (χ1) is 7.62. The van der Waals surface area contributed by atoms with E-state index in [2.05, 4.69) is 4.98 Å². The summed E-state index contributed by atoms with van der Waals surface area (Å²) in [6.07, 6.45) is 2.43. The van der Waals surface area contributed by atoms with Crippen molar-refractivity contribution in [1.82, 2.24) is 9.55 Å². The summed E-state index contributed by atoms with van der Waals surface area (Å²) in [6.45, 7) is 2.76. The van der Waals surface area contributed by atoms with Gasteiger partial charge in [0.2, 0.25) is 0 Å². The molecule has 16 heavy (non-hydrogen) atoms. The highest BCUT2D eigenvalue weighted by Gasteiger charge is 2.17. The summed E-state index contributed by atoms with van der Waals surface area (Å²) in [6, 6.07) is 7.96. The Morgan fingerprint density at radius 1 is 1.44 bits per heavy atom. The summed E-state index contributed by atoms with van der Waals surface area (Å²) in [7, 11) is 0. The van der Waals surface area contributed by atoms with Gasteiger partial charge in [-0.2, -0.15) is 0 Å². The number of nitrogens with zero attached hydrogens (tertiary/aromatic N) is 2. The topological polar surface area (TPSA) is 64.1 Å². The number of imidazole rings is 1. The van der Waals surface area contributed by atoms with Gasteiger partial charge in [-0.1, -0.05) is 12.1 Å². The zero-order valence-electron chi connectivity index (χ0n) is 9.43. The quantitative estimate of drug-likeness (QED) is 0.810. The minimum atomic E-state index is -0.800. The minimum absolute atomic E-state index is 0.277. The summed E-state index contributed by atoms with van der Waals surface area (Å²) in [4.78, 5) is 4.30. The first kappa shape index (κ1) is 11.1. The van der Waals surface area contributed by atoms with Gasteiger partial charge in [-0.05, 0) is 25.5 Å². The van der Waals surface area contributed by atoms with Gasteiger partial charge in [-0.15, -0.1) is 0 Å². The smallest absolute Gasteiger partial charge is 0.0958 e. The van der Waals surface area contributed by atoms with E-state index in [1.807, 2.05) is 28.8 Å². The zero-order chi connectivity index (χ0) is 11.6. The Bertz CT molecular complexity index is 476. The van der Waals surface area contributed by atoms with Gasteiger partial charge in [-0.3, -0.25) is 0 Å². The van der Waals surface area contributed by atoms with E-state index in [-0.39, 0.29) is 6.54 Å². The Morgan fingerprint density at radius 2 is 2.19 bits per heavy atom. The van der Waals surface area contributed by atoms with Crippen LogP contribution in [0.4, 0.5) is 0 Å². The lowest BCUT2D eigenvalue weighted by molar-refractivity contribution is 0.0557. The van der Waals surface area contributed by atoms with Crippen molar-refractivity contribution in [3.05, 3.63) is 30.6 Å². The van der Waals surface area contributed by atoms with Crippen LogP contribution in [-0.4, -0.2) is 26.8 Å². The fourth-order valence-electron chi connectivity index (χ4n) is 1.65. The van der Waals surface area contributed by atoms with E-state index in [9.17, 15) is 5.11 Å². The molecule has 0 spiro atoms. The molecule has 0 saturated carbocycles. The largest absolute Gasteiger partial charge is 0.389 e. The van der Waals surface area contributed by atoms with Crippen LogP contribution in [0.15, 0.2) is 30.6 Å². The van der Waals surface area contributed by atoms with Gasteiger partial charge in [0.15, 0.2) is 0 Å². The molecular weight excluding hydrogens is 202 g/mol. The van der Waals surface area contributed by atoms with Crippen LogP contribution in [-0.2, 0) is 6.54 Å². The van der Waals surface area contributed by atoms with Crippen LogP contribution >= 0.6 is 0 Å². The van der Waals surface area contributed by atoms with E-state index in [1.165, 1.54) is 0 Å². The standard InChI is InChI=1S/C12H17N3O/c1-12(16,8-13)6-7-15-9-14-10-4-2-3-5-11(10)15/h2-5,9,16H,6-8,13H2,1H3. The highest BCUT2D eigenvalue weighted by molar-refractivity contribution is 5.74. The first-order valence-corrected chi connectivity index (χ1v) is 5.45. The molecule has 2 aromatic rings. The molecule has 0 amide bonds. The summed E-state index contributed by atoms with van der Waals surface area (Å²) < 4.78 is 2.04. The predicted molar refractivity (Wildman–Crippen MR) is 64.0 cm³/mol. The van der Waals surface area contributed by atoms with Gasteiger partial charge >= 0.3 is 0 Å². The molecule has 0 aliphatic carbocycles. The average Bonchev–Trinajstić information content (AvgIpc) is 2.70. The highest BCUT2D eigenvalue weighted by Crippen LogP contribution is 2.15. The monoisotopic (exact) mass is 219 g/mol. The van der Waals surface area contributed by atoms with E-state index in [4.69, 9.17) is 5.73 Å². The van der Waals surface area contributed by atoms with Crippen molar-refractivity contribution in [2.24, 2.45) is 5.73 Å². The van der Waals surface area contributed by atoms with Crippen LogP contribution in [0, 0.1) is 0 Å². The molecule has 2 rings (SSSR count). The Kier molecular flexibility index (Phi) is 2.94. The third-order valence-corrected chi connectivity index (χ3v) is 2.86. The molecule has 1 atom stereocenters. The SMILES string of the molecule is CC(O)(CN)CCn1cnc2ccccc21. The molecule has 1 aromatic carbocycles. The number of hydrogen-bond donors (Lipinski definition) is 2. The zero-order valence-corrected chi connectivity index (χ0v) is 9.43. The fraction of sp³-hybridized carbons (Fsp3) is 0.417. The lowest BCUT2D eigenvalue weighted by Crippen LogP contribution is -2.35. The van der Waals surface area contributed by atoms with Gasteiger partial charge in [0.05, 0.1) is 23.0 Å². The third kappa shape index (κ3) is 2.23. The lowest BCUT2D eigenvalue weighted by Gasteiger charge is -2.21. The Balaban J connectivity index is 2.16. The van der Waals surface area contributed by atoms with E-state index in [0.29, 0.717) is 6.42 Å². The first-order valence-electron chi connectivity index (χ1n) is 5.45. The maximum atomic E-state index is 9.84. The van der Waals surface area contributed by atoms with Crippen molar-refractivity contribution >= 4 is 11.0 Å². The molecule has 4 heteroatoms. The highest BCUT2D eigenvalue weighted by atomic mass is 16.3. The van der Waals surface area contributed by atoms with Gasteiger partial charge in [0, 0.05) is 13.1 Å². The van der Waals surface area contributed by atoms with E-state index in [0.717, 1.165) is 17.6 Å². The molecule has 0 saturated heterocycles. The Hall–Kier alpha value is -1.39. The number of para-hydroxylation sites is 2. The number of aryl methyl sites for hydroxylation is 1. The number of fused-ring (bicyclic) bond motifs is 1. The van der Waals surface area contributed by atoms with E-state index < -0.39 is 5.60 Å². The molecule has 0 aliphatic rings. The van der Waals surface area contributed by atoms with E-state index in [1.54, 1.807) is 13.3 Å². The molecule has 1 unspecified atom stereocenters. The molecule has 0 radical (unpaired) electrons. The fourth-order valence-corrected chi connectivity index (χ4v) is 1.65. The second-order valence-electron chi connectivity index (χ2n) is 4.38. The number of benzene rings is 1. The molecule has 0 aliphatic heterocycles. The van der Waals surface area contributed by atoms with Crippen LogP contribution in [0.5, 0.6) is 0 Å². The lowest BCUT2D eigenvalue weighted by atomic mass is 10.0. The molecule has 3 N–H and O–H groups in total. The number of rotatable bonds is 4. The molecule has 86 valence electrons.